The standard InChI is InChI=1S/C20H22O7/c1-12-8-15(26-19(12)23)10-20(2,24-3)17(21)11-25-14-6-4-13-5-7-18(22)27-16(13)9-14/h4-9,15,17,21H,10-11H2,1-3H3/t15?,17-,20?/m1/s1. The highest BCUT2D eigenvalue weighted by Crippen LogP contribution is 2.28. The van der Waals surface area contributed by atoms with Crippen LogP contribution in [0.3, 0.4) is 0 Å². The highest BCUT2D eigenvalue weighted by atomic mass is 16.6. The zero-order valence-electron chi connectivity index (χ0n) is 15.4. The van der Waals surface area contributed by atoms with Gasteiger partial charge in [-0.25, -0.2) is 9.59 Å². The predicted molar refractivity (Wildman–Crippen MR) is 97.7 cm³/mol. The minimum atomic E-state index is -0.978. The SMILES string of the molecule is COC(C)(CC1C=C(C)C(=O)O1)[C@H](O)COc1ccc2ccc(=O)oc2c1. The summed E-state index contributed by atoms with van der Waals surface area (Å²) >= 11 is 0. The number of hydrogen-bond donors (Lipinski definition) is 1. The topological polar surface area (TPSA) is 95.2 Å². The minimum absolute atomic E-state index is 0.0454. The molecule has 0 saturated carbocycles. The van der Waals surface area contributed by atoms with Crippen molar-refractivity contribution in [3.63, 3.8) is 0 Å². The number of esters is 1. The maximum atomic E-state index is 11.5. The normalized spacial score (nSPS) is 20.1. The van der Waals surface area contributed by atoms with E-state index < -0.39 is 23.4 Å². The Morgan fingerprint density at radius 2 is 2.00 bits per heavy atom. The maximum Gasteiger partial charge on any atom is 0.336 e. The molecule has 7 nitrogen and oxygen atoms in total. The van der Waals surface area contributed by atoms with Gasteiger partial charge in [-0.2, -0.15) is 0 Å². The fraction of sp³-hybridized carbons (Fsp3) is 0.400. The quantitative estimate of drug-likeness (QED) is 0.586. The number of ether oxygens (including phenoxy) is 3. The number of methoxy groups -OCH3 is 1. The highest BCUT2D eigenvalue weighted by molar-refractivity contribution is 5.90. The Kier molecular flexibility index (Phi) is 5.34. The van der Waals surface area contributed by atoms with Crippen molar-refractivity contribution in [2.24, 2.45) is 0 Å². The fourth-order valence-corrected chi connectivity index (χ4v) is 2.95. The van der Waals surface area contributed by atoms with Gasteiger partial charge in [0, 0.05) is 36.6 Å². The summed E-state index contributed by atoms with van der Waals surface area (Å²) in [6.07, 6.45) is 0.587. The number of fused-ring (bicyclic) bond motifs is 1. The Labute approximate surface area is 156 Å². The predicted octanol–water partition coefficient (Wildman–Crippen LogP) is 2.20. The molecule has 1 aliphatic rings. The Morgan fingerprint density at radius 3 is 2.67 bits per heavy atom. The van der Waals surface area contributed by atoms with Crippen molar-refractivity contribution in [3.8, 4) is 5.75 Å². The minimum Gasteiger partial charge on any atom is -0.491 e. The van der Waals surface area contributed by atoms with E-state index in [-0.39, 0.29) is 12.6 Å². The summed E-state index contributed by atoms with van der Waals surface area (Å²) in [7, 11) is 1.49. The van der Waals surface area contributed by atoms with Crippen LogP contribution in [0, 0.1) is 0 Å². The summed E-state index contributed by atoms with van der Waals surface area (Å²) < 4.78 is 21.5. The first-order chi connectivity index (χ1) is 12.8. The van der Waals surface area contributed by atoms with Crippen LogP contribution in [-0.2, 0) is 14.3 Å². The first-order valence-corrected chi connectivity index (χ1v) is 8.60. The van der Waals surface area contributed by atoms with Crippen LogP contribution in [0.25, 0.3) is 11.0 Å². The van der Waals surface area contributed by atoms with Crippen molar-refractivity contribution in [1.82, 2.24) is 0 Å². The first-order valence-electron chi connectivity index (χ1n) is 8.60. The van der Waals surface area contributed by atoms with Crippen LogP contribution in [0.1, 0.15) is 20.3 Å². The molecule has 144 valence electrons. The van der Waals surface area contributed by atoms with Crippen LogP contribution < -0.4 is 10.4 Å². The number of carbonyl (C=O) groups excluding carboxylic acids is 1. The van der Waals surface area contributed by atoms with Crippen molar-refractivity contribution in [3.05, 3.63) is 52.4 Å². The number of cyclic esters (lactones) is 1. The number of benzene rings is 1. The number of carbonyl (C=O) groups is 1. The molecule has 1 N–H and O–H groups in total. The van der Waals surface area contributed by atoms with E-state index in [4.69, 9.17) is 18.6 Å². The lowest BCUT2D eigenvalue weighted by Crippen LogP contribution is -2.47. The van der Waals surface area contributed by atoms with E-state index in [2.05, 4.69) is 0 Å². The molecular formula is C20H22O7. The molecule has 2 aromatic rings. The van der Waals surface area contributed by atoms with Crippen LogP contribution in [0.4, 0.5) is 0 Å². The second-order valence-electron chi connectivity index (χ2n) is 6.80. The molecule has 27 heavy (non-hydrogen) atoms. The van der Waals surface area contributed by atoms with Gasteiger partial charge in [-0.15, -0.1) is 0 Å². The van der Waals surface area contributed by atoms with Gasteiger partial charge in [0.1, 0.15) is 30.1 Å². The molecular weight excluding hydrogens is 352 g/mol. The highest BCUT2D eigenvalue weighted by Gasteiger charge is 2.38. The van der Waals surface area contributed by atoms with Crippen molar-refractivity contribution in [2.75, 3.05) is 13.7 Å². The van der Waals surface area contributed by atoms with Crippen LogP contribution in [0.15, 0.2) is 51.2 Å². The van der Waals surface area contributed by atoms with Crippen LogP contribution in [0.2, 0.25) is 0 Å². The first kappa shape index (κ1) is 19.1. The molecule has 0 bridgehead atoms. The molecule has 2 unspecified atom stereocenters. The van der Waals surface area contributed by atoms with Gasteiger partial charge in [0.15, 0.2) is 0 Å². The van der Waals surface area contributed by atoms with E-state index in [1.54, 1.807) is 44.2 Å². The van der Waals surface area contributed by atoms with E-state index in [0.717, 1.165) is 5.39 Å². The summed E-state index contributed by atoms with van der Waals surface area (Å²) in [5.74, 6) is 0.0965. The van der Waals surface area contributed by atoms with Gasteiger partial charge in [-0.05, 0) is 38.1 Å². The summed E-state index contributed by atoms with van der Waals surface area (Å²) in [5, 5.41) is 11.4. The van der Waals surface area contributed by atoms with Gasteiger partial charge < -0.3 is 23.7 Å². The van der Waals surface area contributed by atoms with Gasteiger partial charge in [-0.3, -0.25) is 0 Å². The molecule has 0 fully saturated rings. The third-order valence-corrected chi connectivity index (χ3v) is 4.80. The van der Waals surface area contributed by atoms with Gasteiger partial charge in [0.2, 0.25) is 0 Å². The zero-order chi connectivity index (χ0) is 19.6. The molecule has 0 saturated heterocycles. The second-order valence-corrected chi connectivity index (χ2v) is 6.80. The zero-order valence-corrected chi connectivity index (χ0v) is 15.4. The van der Waals surface area contributed by atoms with Crippen molar-refractivity contribution in [1.29, 1.82) is 0 Å². The third-order valence-electron chi connectivity index (χ3n) is 4.80. The van der Waals surface area contributed by atoms with Crippen molar-refractivity contribution in [2.45, 2.75) is 38.1 Å². The van der Waals surface area contributed by atoms with Gasteiger partial charge in [-0.1, -0.05) is 0 Å². The smallest absolute Gasteiger partial charge is 0.336 e. The second kappa shape index (κ2) is 7.54. The van der Waals surface area contributed by atoms with E-state index >= 15 is 0 Å². The van der Waals surface area contributed by atoms with Crippen LogP contribution in [-0.4, -0.2) is 42.6 Å². The van der Waals surface area contributed by atoms with Crippen molar-refractivity contribution >= 4 is 16.9 Å². The average Bonchev–Trinajstić information content (AvgIpc) is 2.95. The summed E-state index contributed by atoms with van der Waals surface area (Å²) in [5.41, 5.74) is -0.472. The fourth-order valence-electron chi connectivity index (χ4n) is 2.95. The number of aliphatic hydroxyl groups excluding tert-OH is 1. The lowest BCUT2D eigenvalue weighted by Gasteiger charge is -2.34. The van der Waals surface area contributed by atoms with Gasteiger partial charge in [0.05, 0.1) is 5.60 Å². The molecule has 1 aromatic carbocycles. The van der Waals surface area contributed by atoms with E-state index in [0.29, 0.717) is 23.3 Å². The maximum absolute atomic E-state index is 11.5. The third kappa shape index (κ3) is 4.20. The largest absolute Gasteiger partial charge is 0.491 e. The van der Waals surface area contributed by atoms with E-state index in [1.807, 2.05) is 0 Å². The molecule has 0 spiro atoms. The summed E-state index contributed by atoms with van der Waals surface area (Å²) in [4.78, 5) is 22.9. The molecule has 2 heterocycles. The lowest BCUT2D eigenvalue weighted by atomic mass is 9.92. The Balaban J connectivity index is 1.67. The molecule has 0 amide bonds. The molecule has 3 rings (SSSR count). The van der Waals surface area contributed by atoms with E-state index in [9.17, 15) is 14.7 Å². The molecule has 1 aromatic heterocycles. The number of aliphatic hydroxyl groups is 1. The monoisotopic (exact) mass is 374 g/mol. The van der Waals surface area contributed by atoms with Gasteiger partial charge in [0.25, 0.3) is 0 Å². The Bertz CT molecular complexity index is 929. The van der Waals surface area contributed by atoms with E-state index in [1.165, 1.54) is 13.2 Å². The average molecular weight is 374 g/mol. The van der Waals surface area contributed by atoms with Gasteiger partial charge >= 0.3 is 11.6 Å². The summed E-state index contributed by atoms with van der Waals surface area (Å²) in [6.45, 7) is 3.37. The molecule has 3 atom stereocenters. The van der Waals surface area contributed by atoms with Crippen LogP contribution in [0.5, 0.6) is 5.75 Å². The molecule has 0 radical (unpaired) electrons. The Hall–Kier alpha value is -2.64. The number of hydrogen-bond acceptors (Lipinski definition) is 7. The molecule has 7 heteroatoms. The number of rotatable bonds is 7. The lowest BCUT2D eigenvalue weighted by molar-refractivity contribution is -0.148. The van der Waals surface area contributed by atoms with Crippen molar-refractivity contribution < 1.29 is 28.5 Å². The van der Waals surface area contributed by atoms with Crippen LogP contribution >= 0.6 is 0 Å². The summed E-state index contributed by atoms with van der Waals surface area (Å²) in [6, 6.07) is 8.10. The Morgan fingerprint density at radius 1 is 1.26 bits per heavy atom. The molecule has 0 aliphatic carbocycles. The molecule has 1 aliphatic heterocycles.